The number of rotatable bonds is 36. The van der Waals surface area contributed by atoms with E-state index in [4.69, 9.17) is 33.2 Å². The Morgan fingerprint density at radius 2 is 1.20 bits per heavy atom. The molecule has 1 unspecified atom stereocenters. The molecule has 0 spiro atoms. The molecule has 0 radical (unpaired) electrons. The number of carbonyl (C=O) groups excluding carboxylic acids is 6. The number of Topliss-reactive ketones (excluding diaryl/α,β-unsaturated/α-hetero) is 3. The number of aromatic nitrogens is 3. The summed E-state index contributed by atoms with van der Waals surface area (Å²) in [5.74, 6) is -0.741. The minimum atomic E-state index is -0.564. The predicted octanol–water partition coefficient (Wildman–Crippen LogP) is 5.11. The zero-order chi connectivity index (χ0) is 47.5. The third kappa shape index (κ3) is 23.7. The molecule has 2 amide bonds. The molecule has 1 atom stereocenters. The Bertz CT molecular complexity index is 1750. The summed E-state index contributed by atoms with van der Waals surface area (Å²) >= 11 is 0. The zero-order valence-corrected chi connectivity index (χ0v) is 39.7. The second-order valence-electron chi connectivity index (χ2n) is 18.4. The highest BCUT2D eigenvalue weighted by Gasteiger charge is 2.44. The molecule has 1 aromatic heterocycles. The summed E-state index contributed by atoms with van der Waals surface area (Å²) in [5.41, 5.74) is 1.62. The van der Waals surface area contributed by atoms with Gasteiger partial charge in [0.05, 0.1) is 83.0 Å². The van der Waals surface area contributed by atoms with Gasteiger partial charge in [-0.3, -0.25) is 33.7 Å². The van der Waals surface area contributed by atoms with Crippen LogP contribution in [0.25, 0.3) is 0 Å². The van der Waals surface area contributed by atoms with Crippen molar-refractivity contribution in [1.82, 2.24) is 19.9 Å². The van der Waals surface area contributed by atoms with Crippen LogP contribution in [0.5, 0.6) is 0 Å². The molecule has 1 aromatic carbocycles. The maximum absolute atomic E-state index is 12.6. The summed E-state index contributed by atoms with van der Waals surface area (Å²) in [7, 11) is 0. The molecule has 17 nitrogen and oxygen atoms in total. The molecular weight excluding hydrogens is 841 g/mol. The van der Waals surface area contributed by atoms with E-state index in [0.29, 0.717) is 118 Å². The smallest absolute Gasteiger partial charge is 0.311 e. The molecular formula is C48H74N4O13. The predicted molar refractivity (Wildman–Crippen MR) is 240 cm³/mol. The molecule has 1 fully saturated rings. The van der Waals surface area contributed by atoms with Gasteiger partial charge in [0.25, 0.3) is 0 Å². The number of aryl methyl sites for hydroxylation is 1. The van der Waals surface area contributed by atoms with Crippen molar-refractivity contribution in [2.24, 2.45) is 16.7 Å². The number of esters is 1. The van der Waals surface area contributed by atoms with Crippen LogP contribution in [0.4, 0.5) is 0 Å². The van der Waals surface area contributed by atoms with Crippen LogP contribution in [0.3, 0.4) is 0 Å². The van der Waals surface area contributed by atoms with E-state index in [-0.39, 0.29) is 79.1 Å². The quantitative estimate of drug-likeness (QED) is 0.0496. The van der Waals surface area contributed by atoms with Gasteiger partial charge in [0.1, 0.15) is 25.6 Å². The van der Waals surface area contributed by atoms with Gasteiger partial charge in [-0.05, 0) is 63.0 Å². The first-order valence-electron chi connectivity index (χ1n) is 23.0. The Morgan fingerprint density at radius 3 is 1.80 bits per heavy atom. The molecule has 17 heteroatoms. The minimum absolute atomic E-state index is 0.0684. The Morgan fingerprint density at radius 1 is 0.631 bits per heavy atom. The standard InChI is InChI=1S/C48H74N4O13/c1-47(2,3)43-32-44(56)52(45(43)57)19-9-7-8-11-40(53)18-17-39-33-51(50-49-39)20-22-60-24-26-62-28-30-63-29-27-61-25-23-59-21-10-12-41(54)35-64-36-42(55)31-37-13-15-38(16-14-37)34-65-46(58)48(4,5)6/h13-16,33,43H,7-12,17-32,34-36H2,1-6H3. The third-order valence-corrected chi connectivity index (χ3v) is 10.5. The van der Waals surface area contributed by atoms with Gasteiger partial charge in [0, 0.05) is 51.5 Å². The maximum Gasteiger partial charge on any atom is 0.311 e. The van der Waals surface area contributed by atoms with E-state index >= 15 is 0 Å². The van der Waals surface area contributed by atoms with Crippen LogP contribution in [-0.4, -0.2) is 141 Å². The van der Waals surface area contributed by atoms with Crippen LogP contribution in [0, 0.1) is 16.7 Å². The first kappa shape index (κ1) is 55.1. The molecule has 0 aliphatic carbocycles. The molecule has 1 saturated heterocycles. The van der Waals surface area contributed by atoms with Crippen molar-refractivity contribution in [1.29, 1.82) is 0 Å². The molecule has 2 aromatic rings. The van der Waals surface area contributed by atoms with E-state index < -0.39 is 5.41 Å². The van der Waals surface area contributed by atoms with Gasteiger partial charge < -0.3 is 33.2 Å². The highest BCUT2D eigenvalue weighted by atomic mass is 16.6. The third-order valence-electron chi connectivity index (χ3n) is 10.5. The summed E-state index contributed by atoms with van der Waals surface area (Å²) in [6, 6.07) is 7.28. The lowest BCUT2D eigenvalue weighted by Gasteiger charge is -2.24. The number of ether oxygens (including phenoxy) is 7. The lowest BCUT2D eigenvalue weighted by Crippen LogP contribution is -2.34. The van der Waals surface area contributed by atoms with E-state index in [0.717, 1.165) is 29.7 Å². The fourth-order valence-corrected chi connectivity index (χ4v) is 6.58. The molecule has 364 valence electrons. The fraction of sp³-hybridized carbons (Fsp3) is 0.708. The van der Waals surface area contributed by atoms with Crippen LogP contribution in [-0.2, 0) is 87.9 Å². The van der Waals surface area contributed by atoms with Crippen LogP contribution < -0.4 is 0 Å². The van der Waals surface area contributed by atoms with Gasteiger partial charge >= 0.3 is 5.97 Å². The second kappa shape index (κ2) is 30.1. The van der Waals surface area contributed by atoms with Crippen molar-refractivity contribution >= 4 is 35.1 Å². The van der Waals surface area contributed by atoms with Crippen molar-refractivity contribution in [2.45, 2.75) is 119 Å². The first-order chi connectivity index (χ1) is 31.0. The van der Waals surface area contributed by atoms with Gasteiger partial charge in [-0.2, -0.15) is 0 Å². The van der Waals surface area contributed by atoms with E-state index in [9.17, 15) is 28.8 Å². The number of hydrogen-bond acceptors (Lipinski definition) is 15. The summed E-state index contributed by atoms with van der Waals surface area (Å²) in [5, 5.41) is 8.28. The van der Waals surface area contributed by atoms with Crippen molar-refractivity contribution in [2.75, 3.05) is 85.8 Å². The van der Waals surface area contributed by atoms with Crippen LogP contribution in [0.1, 0.15) is 110 Å². The number of unbranched alkanes of at least 4 members (excludes halogenated alkanes) is 2. The van der Waals surface area contributed by atoms with E-state index in [1.165, 1.54) is 4.90 Å². The average molecular weight is 915 g/mol. The number of amides is 2. The summed E-state index contributed by atoms with van der Waals surface area (Å²) in [4.78, 5) is 75.0. The van der Waals surface area contributed by atoms with Crippen molar-refractivity contribution in [3.05, 3.63) is 47.3 Å². The number of carbonyl (C=O) groups is 6. The number of benzene rings is 1. The topological polar surface area (TPSA) is 201 Å². The lowest BCUT2D eigenvalue weighted by atomic mass is 9.80. The summed E-state index contributed by atoms with van der Waals surface area (Å²) < 4.78 is 40.1. The van der Waals surface area contributed by atoms with Crippen molar-refractivity contribution in [3.63, 3.8) is 0 Å². The van der Waals surface area contributed by atoms with Crippen molar-refractivity contribution in [3.8, 4) is 0 Å². The first-order valence-corrected chi connectivity index (χ1v) is 23.0. The number of hydrogen-bond donors (Lipinski definition) is 0. The number of ketones is 3. The normalized spacial score (nSPS) is 14.4. The van der Waals surface area contributed by atoms with Crippen LogP contribution in [0.15, 0.2) is 30.5 Å². The fourth-order valence-electron chi connectivity index (χ4n) is 6.58. The van der Waals surface area contributed by atoms with E-state index in [2.05, 4.69) is 10.3 Å². The van der Waals surface area contributed by atoms with Crippen molar-refractivity contribution < 1.29 is 61.9 Å². The Kier molecular flexibility index (Phi) is 25.5. The van der Waals surface area contributed by atoms with E-state index in [1.807, 2.05) is 51.2 Å². The molecule has 0 N–H and O–H groups in total. The molecule has 0 bridgehead atoms. The largest absolute Gasteiger partial charge is 0.460 e. The number of imide groups is 1. The summed E-state index contributed by atoms with van der Waals surface area (Å²) in [6.07, 6.45) is 6.78. The Labute approximate surface area is 384 Å². The second-order valence-corrected chi connectivity index (χ2v) is 18.4. The number of likely N-dealkylation sites (tertiary alicyclic amines) is 1. The minimum Gasteiger partial charge on any atom is -0.460 e. The highest BCUT2D eigenvalue weighted by Crippen LogP contribution is 2.35. The lowest BCUT2D eigenvalue weighted by molar-refractivity contribution is -0.154. The monoisotopic (exact) mass is 915 g/mol. The van der Waals surface area contributed by atoms with Gasteiger partial charge in [0.2, 0.25) is 11.8 Å². The molecule has 0 saturated carbocycles. The number of nitrogens with zero attached hydrogens (tertiary/aromatic N) is 4. The molecule has 1 aliphatic heterocycles. The SMILES string of the molecule is CC(C)(C)C(=O)OCc1ccc(CC(=O)COCC(=O)CCCOCCOCCOCCOCCOCCn2cc(CCC(=O)CCCCCN3C(=O)CC(C(C)(C)C)C3=O)nn2)cc1. The summed E-state index contributed by atoms with van der Waals surface area (Å²) in [6.45, 7) is 16.5. The average Bonchev–Trinajstić information content (AvgIpc) is 3.83. The van der Waals surface area contributed by atoms with E-state index in [1.54, 1.807) is 25.5 Å². The van der Waals surface area contributed by atoms with Gasteiger partial charge in [-0.15, -0.1) is 5.10 Å². The van der Waals surface area contributed by atoms with Gasteiger partial charge in [0.15, 0.2) is 11.6 Å². The molecule has 1 aliphatic rings. The van der Waals surface area contributed by atoms with Gasteiger partial charge in [-0.25, -0.2) is 4.68 Å². The molecule has 65 heavy (non-hydrogen) atoms. The van der Waals surface area contributed by atoms with Crippen LogP contribution >= 0.6 is 0 Å². The Hall–Kier alpha value is -4.26. The Balaban J connectivity index is 1.03. The molecule has 3 rings (SSSR count). The zero-order valence-electron chi connectivity index (χ0n) is 39.7. The maximum atomic E-state index is 12.6. The highest BCUT2D eigenvalue weighted by molar-refractivity contribution is 6.03. The molecule has 2 heterocycles. The van der Waals surface area contributed by atoms with Gasteiger partial charge in [-0.1, -0.05) is 56.7 Å². The van der Waals surface area contributed by atoms with Crippen LogP contribution in [0.2, 0.25) is 0 Å².